The zero-order chi connectivity index (χ0) is 14.1. The van der Waals surface area contributed by atoms with Crippen molar-refractivity contribution in [2.75, 3.05) is 13.1 Å². The van der Waals surface area contributed by atoms with Crippen LogP contribution in [0.1, 0.15) is 15.2 Å². The van der Waals surface area contributed by atoms with E-state index >= 15 is 0 Å². The zero-order valence-electron chi connectivity index (χ0n) is 10.9. The van der Waals surface area contributed by atoms with E-state index in [-0.39, 0.29) is 12.0 Å². The highest BCUT2D eigenvalue weighted by atomic mass is 35.5. The predicted molar refractivity (Wildman–Crippen MR) is 78.6 cm³/mol. The summed E-state index contributed by atoms with van der Waals surface area (Å²) in [5.41, 5.74) is 1.12. The lowest BCUT2D eigenvalue weighted by atomic mass is 10.1. The molecule has 1 fully saturated rings. The van der Waals surface area contributed by atoms with Gasteiger partial charge in [0, 0.05) is 6.20 Å². The summed E-state index contributed by atoms with van der Waals surface area (Å²) in [6.45, 7) is 3.13. The third kappa shape index (κ3) is 2.64. The van der Waals surface area contributed by atoms with Gasteiger partial charge in [-0.1, -0.05) is 11.6 Å². The predicted octanol–water partition coefficient (Wildman–Crippen LogP) is 3.01. The number of rotatable bonds is 3. The van der Waals surface area contributed by atoms with Gasteiger partial charge in [-0.15, -0.1) is 11.3 Å². The van der Waals surface area contributed by atoms with Crippen LogP contribution in [0.3, 0.4) is 0 Å². The topological polar surface area (TPSA) is 42.4 Å². The van der Waals surface area contributed by atoms with Crippen LogP contribution in [-0.2, 0) is 0 Å². The Morgan fingerprint density at radius 2 is 2.35 bits per heavy atom. The molecule has 1 saturated heterocycles. The highest BCUT2D eigenvalue weighted by Crippen LogP contribution is 2.25. The largest absolute Gasteiger partial charge is 0.470 e. The molecular weight excluding hydrogens is 296 g/mol. The van der Waals surface area contributed by atoms with E-state index in [1.54, 1.807) is 23.2 Å². The highest BCUT2D eigenvalue weighted by molar-refractivity contribution is 7.12. The van der Waals surface area contributed by atoms with Gasteiger partial charge in [-0.3, -0.25) is 4.79 Å². The third-order valence-corrected chi connectivity index (χ3v) is 4.40. The van der Waals surface area contributed by atoms with Gasteiger partial charge in [-0.05, 0) is 36.1 Å². The van der Waals surface area contributed by atoms with Gasteiger partial charge in [0.05, 0.1) is 18.0 Å². The van der Waals surface area contributed by atoms with E-state index in [1.165, 1.54) is 11.3 Å². The quantitative estimate of drug-likeness (QED) is 0.875. The lowest BCUT2D eigenvalue weighted by molar-refractivity contribution is 0.0164. The summed E-state index contributed by atoms with van der Waals surface area (Å²) in [5.74, 6) is 0.494. The van der Waals surface area contributed by atoms with Crippen LogP contribution in [0.2, 0.25) is 5.02 Å². The number of ether oxygens (including phenoxy) is 1. The Labute approximate surface area is 126 Å². The Bertz CT molecular complexity index is 638. The molecule has 6 heteroatoms. The second-order valence-electron chi connectivity index (χ2n) is 4.73. The molecule has 1 aliphatic rings. The molecule has 2 aromatic rings. The normalized spacial score (nSPS) is 15.0. The molecule has 3 heterocycles. The molecule has 20 heavy (non-hydrogen) atoms. The molecule has 0 spiro atoms. The average Bonchev–Trinajstić information content (AvgIpc) is 2.81. The van der Waals surface area contributed by atoms with Crippen LogP contribution >= 0.6 is 22.9 Å². The lowest BCUT2D eigenvalue weighted by Crippen LogP contribution is -2.56. The first-order chi connectivity index (χ1) is 9.63. The zero-order valence-corrected chi connectivity index (χ0v) is 12.4. The van der Waals surface area contributed by atoms with E-state index in [0.29, 0.717) is 24.0 Å². The van der Waals surface area contributed by atoms with Crippen molar-refractivity contribution in [3.63, 3.8) is 0 Å². The van der Waals surface area contributed by atoms with Crippen molar-refractivity contribution < 1.29 is 9.53 Å². The summed E-state index contributed by atoms with van der Waals surface area (Å²) in [4.78, 5) is 18.8. The van der Waals surface area contributed by atoms with Crippen molar-refractivity contribution in [2.24, 2.45) is 0 Å². The number of carbonyl (C=O) groups excluding carboxylic acids is 1. The minimum absolute atomic E-state index is 0.0348. The number of hydrogen-bond donors (Lipinski definition) is 0. The lowest BCUT2D eigenvalue weighted by Gasteiger charge is -2.38. The van der Waals surface area contributed by atoms with Gasteiger partial charge in [-0.25, -0.2) is 4.98 Å². The summed E-state index contributed by atoms with van der Waals surface area (Å²) >= 11 is 7.46. The Hall–Kier alpha value is -1.59. The highest BCUT2D eigenvalue weighted by Gasteiger charge is 2.33. The number of nitrogens with zero attached hydrogens (tertiary/aromatic N) is 2. The van der Waals surface area contributed by atoms with Crippen LogP contribution < -0.4 is 4.74 Å². The third-order valence-electron chi connectivity index (χ3n) is 3.08. The van der Waals surface area contributed by atoms with Crippen LogP contribution in [0, 0.1) is 6.92 Å². The molecule has 3 rings (SSSR count). The number of aromatic nitrogens is 1. The molecule has 0 radical (unpaired) electrons. The number of amides is 1. The monoisotopic (exact) mass is 308 g/mol. The SMILES string of the molecule is Cc1csc(C(=O)N2CC(Oc3ncccc3Cl)C2)c1. The van der Waals surface area contributed by atoms with E-state index in [9.17, 15) is 4.79 Å². The number of likely N-dealkylation sites (tertiary alicyclic amines) is 1. The Morgan fingerprint density at radius 3 is 3.00 bits per heavy atom. The van der Waals surface area contributed by atoms with Crippen LogP contribution in [0.15, 0.2) is 29.8 Å². The van der Waals surface area contributed by atoms with Crippen LogP contribution in [0.25, 0.3) is 0 Å². The van der Waals surface area contributed by atoms with Crippen molar-refractivity contribution in [1.29, 1.82) is 0 Å². The minimum Gasteiger partial charge on any atom is -0.470 e. The van der Waals surface area contributed by atoms with Crippen LogP contribution in [0.5, 0.6) is 5.88 Å². The summed E-state index contributed by atoms with van der Waals surface area (Å²) in [6, 6.07) is 5.40. The van der Waals surface area contributed by atoms with Crippen molar-refractivity contribution in [3.05, 3.63) is 45.2 Å². The molecule has 1 amide bonds. The van der Waals surface area contributed by atoms with E-state index in [0.717, 1.165) is 10.4 Å². The molecule has 0 N–H and O–H groups in total. The van der Waals surface area contributed by atoms with Gasteiger partial charge >= 0.3 is 0 Å². The molecule has 2 aromatic heterocycles. The van der Waals surface area contributed by atoms with E-state index in [4.69, 9.17) is 16.3 Å². The smallest absolute Gasteiger partial charge is 0.264 e. The number of halogens is 1. The van der Waals surface area contributed by atoms with Crippen LogP contribution in [0.4, 0.5) is 0 Å². The number of aryl methyl sites for hydroxylation is 1. The maximum Gasteiger partial charge on any atom is 0.264 e. The number of thiophene rings is 1. The molecule has 0 bridgehead atoms. The van der Waals surface area contributed by atoms with Crippen molar-refractivity contribution in [3.8, 4) is 5.88 Å². The fraction of sp³-hybridized carbons (Fsp3) is 0.286. The first kappa shape index (κ1) is 13.4. The van der Waals surface area contributed by atoms with E-state index in [1.807, 2.05) is 18.4 Å². The molecule has 0 unspecified atom stereocenters. The Morgan fingerprint density at radius 1 is 1.55 bits per heavy atom. The van der Waals surface area contributed by atoms with Crippen molar-refractivity contribution >= 4 is 28.8 Å². The fourth-order valence-electron chi connectivity index (χ4n) is 1.99. The molecular formula is C14H13ClN2O2S. The van der Waals surface area contributed by atoms with Gasteiger partial charge < -0.3 is 9.64 Å². The van der Waals surface area contributed by atoms with E-state index in [2.05, 4.69) is 4.98 Å². The number of pyridine rings is 1. The number of hydrogen-bond acceptors (Lipinski definition) is 4. The minimum atomic E-state index is -0.0348. The maximum atomic E-state index is 12.1. The Kier molecular flexibility index (Phi) is 3.63. The molecule has 1 aliphatic heterocycles. The van der Waals surface area contributed by atoms with Gasteiger partial charge in [-0.2, -0.15) is 0 Å². The second kappa shape index (κ2) is 5.42. The van der Waals surface area contributed by atoms with Gasteiger partial charge in [0.2, 0.25) is 5.88 Å². The standard InChI is InChI=1S/C14H13ClN2O2S/c1-9-5-12(20-8-9)14(18)17-6-10(7-17)19-13-11(15)3-2-4-16-13/h2-5,8,10H,6-7H2,1H3. The van der Waals surface area contributed by atoms with Crippen LogP contribution in [-0.4, -0.2) is 35.0 Å². The fourth-order valence-corrected chi connectivity index (χ4v) is 3.02. The van der Waals surface area contributed by atoms with Gasteiger partial charge in [0.15, 0.2) is 0 Å². The van der Waals surface area contributed by atoms with Crippen molar-refractivity contribution in [1.82, 2.24) is 9.88 Å². The first-order valence-corrected chi connectivity index (χ1v) is 7.51. The van der Waals surface area contributed by atoms with E-state index < -0.39 is 0 Å². The second-order valence-corrected chi connectivity index (χ2v) is 6.05. The molecule has 0 aromatic carbocycles. The van der Waals surface area contributed by atoms with Crippen molar-refractivity contribution in [2.45, 2.75) is 13.0 Å². The molecule has 0 aliphatic carbocycles. The summed E-state index contributed by atoms with van der Waals surface area (Å²) in [7, 11) is 0. The number of carbonyl (C=O) groups is 1. The summed E-state index contributed by atoms with van der Waals surface area (Å²) in [6.07, 6.45) is 1.60. The van der Waals surface area contributed by atoms with Gasteiger partial charge in [0.1, 0.15) is 11.1 Å². The molecule has 0 saturated carbocycles. The maximum absolute atomic E-state index is 12.1. The average molecular weight is 309 g/mol. The summed E-state index contributed by atoms with van der Waals surface area (Å²) in [5, 5.41) is 2.47. The molecule has 104 valence electrons. The van der Waals surface area contributed by atoms with Gasteiger partial charge in [0.25, 0.3) is 5.91 Å². The molecule has 4 nitrogen and oxygen atoms in total. The first-order valence-electron chi connectivity index (χ1n) is 6.25. The molecule has 0 atom stereocenters. The summed E-state index contributed by atoms with van der Waals surface area (Å²) < 4.78 is 5.67. The Balaban J connectivity index is 1.57.